The second kappa shape index (κ2) is 6.17. The topological polar surface area (TPSA) is 82.3 Å². The van der Waals surface area contributed by atoms with Gasteiger partial charge in [0.15, 0.2) is 5.82 Å². The summed E-state index contributed by atoms with van der Waals surface area (Å²) in [6, 6.07) is 26.0. The maximum absolute atomic E-state index is 6.27. The monoisotopic (exact) mass is 354 g/mol. The second-order valence-corrected chi connectivity index (χ2v) is 6.38. The molecule has 1 unspecified atom stereocenters. The van der Waals surface area contributed by atoms with E-state index in [1.807, 2.05) is 72.8 Å². The summed E-state index contributed by atoms with van der Waals surface area (Å²) in [5.74, 6) is 1.32. The van der Waals surface area contributed by atoms with E-state index in [0.29, 0.717) is 5.84 Å². The fourth-order valence-corrected chi connectivity index (χ4v) is 3.43. The van der Waals surface area contributed by atoms with Gasteiger partial charge in [-0.3, -0.25) is 10.00 Å². The molecule has 2 heterocycles. The van der Waals surface area contributed by atoms with E-state index in [9.17, 15) is 0 Å². The van der Waals surface area contributed by atoms with Crippen molar-refractivity contribution in [3.8, 4) is 0 Å². The highest BCUT2D eigenvalue weighted by Gasteiger charge is 2.30. The molecule has 1 aliphatic rings. The average Bonchev–Trinajstić information content (AvgIpc) is 3.13. The number of para-hydroxylation sites is 3. The fourth-order valence-electron chi connectivity index (χ4n) is 3.43. The van der Waals surface area contributed by atoms with Crippen molar-refractivity contribution in [2.75, 3.05) is 10.2 Å². The van der Waals surface area contributed by atoms with E-state index in [0.717, 1.165) is 33.7 Å². The number of nitrogens with zero attached hydrogens (tertiary/aromatic N) is 3. The predicted molar refractivity (Wildman–Crippen MR) is 109 cm³/mol. The number of anilines is 3. The molecule has 0 saturated heterocycles. The fraction of sp³-hybridized carbons (Fsp3) is 0.0476. The van der Waals surface area contributed by atoms with E-state index in [4.69, 9.17) is 10.7 Å². The van der Waals surface area contributed by atoms with Crippen LogP contribution in [0.4, 0.5) is 17.2 Å². The van der Waals surface area contributed by atoms with Gasteiger partial charge in [0.2, 0.25) is 6.29 Å². The molecule has 4 N–H and O–H groups in total. The quantitative estimate of drug-likeness (QED) is 0.522. The van der Waals surface area contributed by atoms with Gasteiger partial charge in [-0.15, -0.1) is 0 Å². The molecule has 6 heteroatoms. The molecule has 6 nitrogen and oxygen atoms in total. The molecule has 1 atom stereocenters. The Morgan fingerprint density at radius 3 is 2.52 bits per heavy atom. The third kappa shape index (κ3) is 2.58. The Kier molecular flexibility index (Phi) is 3.53. The number of rotatable bonds is 3. The van der Waals surface area contributed by atoms with Crippen LogP contribution in [0.5, 0.6) is 0 Å². The van der Waals surface area contributed by atoms with E-state index in [2.05, 4.69) is 26.5 Å². The molecule has 3 aromatic carbocycles. The van der Waals surface area contributed by atoms with Crippen LogP contribution in [0.25, 0.3) is 10.9 Å². The molecule has 1 aromatic heterocycles. The standard InChI is InChI=1S/C21H18N6/c22-19-16-11-5-7-13-18(16)27(20-15-10-4-6-12-17(15)25-26-20)21(24-19)23-14-8-2-1-3-9-14/h1-13,21,23H,(H2,22,24)(H,25,26). The van der Waals surface area contributed by atoms with E-state index in [1.54, 1.807) is 0 Å². The number of H-pyrrole nitrogens is 1. The van der Waals surface area contributed by atoms with Gasteiger partial charge in [0.25, 0.3) is 0 Å². The first-order valence-electron chi connectivity index (χ1n) is 8.78. The van der Waals surface area contributed by atoms with Gasteiger partial charge in [-0.05, 0) is 36.4 Å². The number of nitrogens with two attached hydrogens (primary N) is 1. The molecular formula is C21H18N6. The minimum Gasteiger partial charge on any atom is -0.383 e. The maximum atomic E-state index is 6.27. The first kappa shape index (κ1) is 15.5. The zero-order valence-electron chi connectivity index (χ0n) is 14.5. The van der Waals surface area contributed by atoms with Crippen LogP contribution < -0.4 is 16.0 Å². The van der Waals surface area contributed by atoms with Crippen LogP contribution >= 0.6 is 0 Å². The number of aliphatic imine (C=N–C) groups is 1. The number of nitrogens with one attached hydrogen (secondary N) is 2. The highest BCUT2D eigenvalue weighted by Crippen LogP contribution is 2.37. The Bertz CT molecular complexity index is 1130. The average molecular weight is 354 g/mol. The van der Waals surface area contributed by atoms with Gasteiger partial charge in [-0.2, -0.15) is 5.10 Å². The lowest BCUT2D eigenvalue weighted by Crippen LogP contribution is -2.42. The third-order valence-electron chi connectivity index (χ3n) is 4.69. The summed E-state index contributed by atoms with van der Waals surface area (Å²) in [6.45, 7) is 0. The molecule has 132 valence electrons. The van der Waals surface area contributed by atoms with Gasteiger partial charge >= 0.3 is 0 Å². The minimum absolute atomic E-state index is 0.408. The number of hydrogen-bond acceptors (Lipinski definition) is 5. The summed E-state index contributed by atoms with van der Waals surface area (Å²) in [5, 5.41) is 12.2. The summed E-state index contributed by atoms with van der Waals surface area (Å²) in [5.41, 5.74) is 10.1. The highest BCUT2D eigenvalue weighted by atomic mass is 15.4. The van der Waals surface area contributed by atoms with Crippen molar-refractivity contribution in [2.24, 2.45) is 10.7 Å². The van der Waals surface area contributed by atoms with Crippen LogP contribution in [0.15, 0.2) is 83.9 Å². The Balaban J connectivity index is 1.68. The predicted octanol–water partition coefficient (Wildman–Crippen LogP) is 3.82. The second-order valence-electron chi connectivity index (χ2n) is 6.38. The lowest BCUT2D eigenvalue weighted by atomic mass is 10.1. The lowest BCUT2D eigenvalue weighted by Gasteiger charge is -2.35. The van der Waals surface area contributed by atoms with Crippen LogP contribution in [0, 0.1) is 0 Å². The van der Waals surface area contributed by atoms with Crippen molar-refractivity contribution in [3.63, 3.8) is 0 Å². The largest absolute Gasteiger partial charge is 0.383 e. The van der Waals surface area contributed by atoms with Crippen LogP contribution in [-0.4, -0.2) is 22.3 Å². The molecule has 4 aromatic rings. The molecule has 0 radical (unpaired) electrons. The van der Waals surface area contributed by atoms with Crippen molar-refractivity contribution < 1.29 is 0 Å². The molecule has 27 heavy (non-hydrogen) atoms. The van der Waals surface area contributed by atoms with Gasteiger partial charge in [0.1, 0.15) is 5.84 Å². The zero-order valence-corrected chi connectivity index (χ0v) is 14.5. The maximum Gasteiger partial charge on any atom is 0.204 e. The highest BCUT2D eigenvalue weighted by molar-refractivity contribution is 6.06. The Morgan fingerprint density at radius 2 is 1.63 bits per heavy atom. The Labute approximate surface area is 156 Å². The van der Waals surface area contributed by atoms with E-state index in [-0.39, 0.29) is 0 Å². The van der Waals surface area contributed by atoms with Gasteiger partial charge in [-0.25, -0.2) is 4.99 Å². The summed E-state index contributed by atoms with van der Waals surface area (Å²) in [7, 11) is 0. The molecule has 0 saturated carbocycles. The first-order valence-corrected chi connectivity index (χ1v) is 8.78. The SMILES string of the molecule is NC1=NC(Nc2ccccc2)N(c2n[nH]c3ccccc23)c2ccccc21. The lowest BCUT2D eigenvalue weighted by molar-refractivity contribution is 0.747. The molecule has 0 amide bonds. The molecular weight excluding hydrogens is 336 g/mol. The zero-order chi connectivity index (χ0) is 18.2. The van der Waals surface area contributed by atoms with E-state index in [1.165, 1.54) is 0 Å². The van der Waals surface area contributed by atoms with Crippen LogP contribution in [-0.2, 0) is 0 Å². The molecule has 5 rings (SSSR count). The number of amidine groups is 1. The van der Waals surface area contributed by atoms with E-state index < -0.39 is 6.29 Å². The number of hydrogen-bond donors (Lipinski definition) is 3. The summed E-state index contributed by atoms with van der Waals surface area (Å²) in [6.07, 6.45) is -0.408. The van der Waals surface area contributed by atoms with Crippen LogP contribution in [0.1, 0.15) is 5.56 Å². The summed E-state index contributed by atoms with van der Waals surface area (Å²) < 4.78 is 0. The summed E-state index contributed by atoms with van der Waals surface area (Å²) >= 11 is 0. The number of aromatic amines is 1. The molecule has 0 fully saturated rings. The Morgan fingerprint density at radius 1 is 0.889 bits per heavy atom. The van der Waals surface area contributed by atoms with Crippen molar-refractivity contribution in [1.82, 2.24) is 10.2 Å². The van der Waals surface area contributed by atoms with E-state index >= 15 is 0 Å². The van der Waals surface area contributed by atoms with Crippen molar-refractivity contribution >= 4 is 33.9 Å². The third-order valence-corrected chi connectivity index (χ3v) is 4.69. The van der Waals surface area contributed by atoms with Gasteiger partial charge in [0, 0.05) is 16.6 Å². The molecule has 0 spiro atoms. The molecule has 0 bridgehead atoms. The first-order chi connectivity index (χ1) is 13.3. The summed E-state index contributed by atoms with van der Waals surface area (Å²) in [4.78, 5) is 6.80. The van der Waals surface area contributed by atoms with Crippen molar-refractivity contribution in [2.45, 2.75) is 6.29 Å². The molecule has 0 aliphatic carbocycles. The Hall–Kier alpha value is -3.80. The van der Waals surface area contributed by atoms with Crippen LogP contribution in [0.3, 0.4) is 0 Å². The van der Waals surface area contributed by atoms with Crippen LogP contribution in [0.2, 0.25) is 0 Å². The normalized spacial score (nSPS) is 16.1. The smallest absolute Gasteiger partial charge is 0.204 e. The molecule has 1 aliphatic heterocycles. The number of fused-ring (bicyclic) bond motifs is 2. The van der Waals surface area contributed by atoms with Gasteiger partial charge in [0.05, 0.1) is 11.2 Å². The van der Waals surface area contributed by atoms with Crippen molar-refractivity contribution in [3.05, 3.63) is 84.4 Å². The number of aromatic nitrogens is 2. The number of benzene rings is 3. The minimum atomic E-state index is -0.408. The van der Waals surface area contributed by atoms with Crippen molar-refractivity contribution in [1.29, 1.82) is 0 Å². The van der Waals surface area contributed by atoms with Gasteiger partial charge in [-0.1, -0.05) is 42.5 Å². The van der Waals surface area contributed by atoms with Gasteiger partial charge < -0.3 is 11.1 Å².